The first-order chi connectivity index (χ1) is 11.6. The Balaban J connectivity index is 2.89. The quantitative estimate of drug-likeness (QED) is 0.561. The van der Waals surface area contributed by atoms with E-state index in [2.05, 4.69) is 9.47 Å². The predicted molar refractivity (Wildman–Crippen MR) is 80.4 cm³/mol. The zero-order valence-corrected chi connectivity index (χ0v) is 13.8. The van der Waals surface area contributed by atoms with E-state index in [9.17, 15) is 23.2 Å². The minimum atomic E-state index is -4.23. The number of hydrogen-bond acceptors (Lipinski definition) is 6. The number of benzene rings is 1. The number of methoxy groups -OCH3 is 1. The Labute approximate surface area is 142 Å². The molecule has 1 N–H and O–H groups in total. The zero-order valence-electron chi connectivity index (χ0n) is 13.8. The first-order valence-corrected chi connectivity index (χ1v) is 7.19. The van der Waals surface area contributed by atoms with E-state index in [0.29, 0.717) is 0 Å². The molecular weight excluding hydrogens is 342 g/mol. The fourth-order valence-electron chi connectivity index (χ4n) is 1.87. The smallest absolute Gasteiger partial charge is 0.378 e. The van der Waals surface area contributed by atoms with E-state index in [0.717, 1.165) is 0 Å². The standard InChI is InChI=1S/C16H18F2O7/c1-9(2)12(16(17,18)15(21)22)25-14(20)11-6-4-10(5-7-11)13(19)24-8-23-3/h4-7,9,12H,8H2,1-3H3,(H,21,22). The molecule has 0 aliphatic rings. The number of carboxylic acids is 1. The van der Waals surface area contributed by atoms with Crippen molar-refractivity contribution in [3.63, 3.8) is 0 Å². The first-order valence-electron chi connectivity index (χ1n) is 7.19. The SMILES string of the molecule is COCOC(=O)c1ccc(C(=O)OC(C(C)C)C(F)(F)C(=O)O)cc1. The van der Waals surface area contributed by atoms with Crippen molar-refractivity contribution in [3.8, 4) is 0 Å². The number of carbonyl (C=O) groups excluding carboxylic acids is 2. The summed E-state index contributed by atoms with van der Waals surface area (Å²) in [6, 6.07) is 4.85. The van der Waals surface area contributed by atoms with Crippen LogP contribution in [-0.2, 0) is 19.0 Å². The van der Waals surface area contributed by atoms with Gasteiger partial charge >= 0.3 is 23.8 Å². The number of esters is 2. The Morgan fingerprint density at radius 3 is 1.96 bits per heavy atom. The van der Waals surface area contributed by atoms with Crippen LogP contribution in [0, 0.1) is 5.92 Å². The van der Waals surface area contributed by atoms with Crippen LogP contribution in [0.4, 0.5) is 8.78 Å². The van der Waals surface area contributed by atoms with E-state index in [1.807, 2.05) is 0 Å². The van der Waals surface area contributed by atoms with Gasteiger partial charge in [0.1, 0.15) is 0 Å². The molecule has 138 valence electrons. The molecule has 1 rings (SSSR count). The van der Waals surface area contributed by atoms with Crippen molar-refractivity contribution < 1.29 is 42.5 Å². The Morgan fingerprint density at radius 2 is 1.56 bits per heavy atom. The predicted octanol–water partition coefficient (Wildman–Crippen LogP) is 2.35. The van der Waals surface area contributed by atoms with Gasteiger partial charge in [0.15, 0.2) is 12.9 Å². The summed E-state index contributed by atoms with van der Waals surface area (Å²) in [5.74, 6) is -9.36. The third-order valence-electron chi connectivity index (χ3n) is 3.15. The molecule has 0 bridgehead atoms. The molecule has 0 saturated heterocycles. The highest BCUT2D eigenvalue weighted by Gasteiger charge is 2.51. The lowest BCUT2D eigenvalue weighted by molar-refractivity contribution is -0.187. The molecule has 7 nitrogen and oxygen atoms in total. The van der Waals surface area contributed by atoms with Crippen LogP contribution in [0.2, 0.25) is 0 Å². The van der Waals surface area contributed by atoms with Gasteiger partial charge in [-0.2, -0.15) is 8.78 Å². The van der Waals surface area contributed by atoms with Gasteiger partial charge in [-0.05, 0) is 30.2 Å². The topological polar surface area (TPSA) is 99.1 Å². The van der Waals surface area contributed by atoms with E-state index in [1.54, 1.807) is 0 Å². The molecule has 1 aromatic rings. The molecule has 0 spiro atoms. The van der Waals surface area contributed by atoms with Gasteiger partial charge in [0, 0.05) is 7.11 Å². The molecule has 0 fully saturated rings. The van der Waals surface area contributed by atoms with Crippen molar-refractivity contribution in [2.45, 2.75) is 25.9 Å². The maximum atomic E-state index is 13.7. The second-order valence-corrected chi connectivity index (χ2v) is 5.41. The molecule has 0 amide bonds. The molecule has 1 aromatic carbocycles. The fraction of sp³-hybridized carbons (Fsp3) is 0.438. The summed E-state index contributed by atoms with van der Waals surface area (Å²) in [5, 5.41) is 8.61. The second kappa shape index (κ2) is 8.52. The van der Waals surface area contributed by atoms with Crippen molar-refractivity contribution >= 4 is 17.9 Å². The molecule has 25 heavy (non-hydrogen) atoms. The molecule has 0 heterocycles. The summed E-state index contributed by atoms with van der Waals surface area (Å²) in [5.41, 5.74) is 0.00000529. The van der Waals surface area contributed by atoms with Crippen LogP contribution >= 0.6 is 0 Å². The minimum absolute atomic E-state index is 0.116. The highest BCUT2D eigenvalue weighted by molar-refractivity contribution is 5.93. The molecule has 0 aromatic heterocycles. The van der Waals surface area contributed by atoms with E-state index in [1.165, 1.54) is 45.2 Å². The van der Waals surface area contributed by atoms with Gasteiger partial charge in [-0.25, -0.2) is 14.4 Å². The van der Waals surface area contributed by atoms with Gasteiger partial charge in [-0.3, -0.25) is 0 Å². The summed E-state index contributed by atoms with van der Waals surface area (Å²) < 4.78 is 41.3. The van der Waals surface area contributed by atoms with Crippen LogP contribution in [0.15, 0.2) is 24.3 Å². The van der Waals surface area contributed by atoms with Crippen LogP contribution in [0.25, 0.3) is 0 Å². The van der Waals surface area contributed by atoms with E-state index < -0.39 is 35.9 Å². The Bertz CT molecular complexity index is 626. The number of halogens is 2. The summed E-state index contributed by atoms with van der Waals surface area (Å²) >= 11 is 0. The van der Waals surface area contributed by atoms with Gasteiger partial charge in [-0.15, -0.1) is 0 Å². The Hall–Kier alpha value is -2.55. The zero-order chi connectivity index (χ0) is 19.2. The van der Waals surface area contributed by atoms with E-state index >= 15 is 0 Å². The average Bonchev–Trinajstić information content (AvgIpc) is 2.56. The van der Waals surface area contributed by atoms with Crippen molar-refractivity contribution in [3.05, 3.63) is 35.4 Å². The lowest BCUT2D eigenvalue weighted by Gasteiger charge is -2.26. The normalized spacial score (nSPS) is 12.6. The summed E-state index contributed by atoms with van der Waals surface area (Å²) in [6.07, 6.45) is -2.14. The highest BCUT2D eigenvalue weighted by atomic mass is 19.3. The van der Waals surface area contributed by atoms with E-state index in [4.69, 9.17) is 9.84 Å². The third-order valence-corrected chi connectivity index (χ3v) is 3.15. The van der Waals surface area contributed by atoms with Gasteiger partial charge in [0.2, 0.25) is 0 Å². The summed E-state index contributed by atoms with van der Waals surface area (Å²) in [7, 11) is 1.34. The third kappa shape index (κ3) is 5.21. The second-order valence-electron chi connectivity index (χ2n) is 5.41. The lowest BCUT2D eigenvalue weighted by atomic mass is 10.0. The number of alkyl halides is 2. The van der Waals surface area contributed by atoms with Crippen molar-refractivity contribution in [2.75, 3.05) is 13.9 Å². The number of aliphatic carboxylic acids is 1. The summed E-state index contributed by atoms with van der Waals surface area (Å²) in [6.45, 7) is 2.37. The van der Waals surface area contributed by atoms with Crippen molar-refractivity contribution in [1.29, 1.82) is 0 Å². The van der Waals surface area contributed by atoms with Gasteiger partial charge in [0.25, 0.3) is 0 Å². The molecule has 1 unspecified atom stereocenters. The highest BCUT2D eigenvalue weighted by Crippen LogP contribution is 2.28. The van der Waals surface area contributed by atoms with Gasteiger partial charge in [-0.1, -0.05) is 13.8 Å². The van der Waals surface area contributed by atoms with Crippen LogP contribution < -0.4 is 0 Å². The van der Waals surface area contributed by atoms with Gasteiger partial charge < -0.3 is 19.3 Å². The van der Waals surface area contributed by atoms with Crippen LogP contribution in [0.1, 0.15) is 34.6 Å². The Morgan fingerprint density at radius 1 is 1.08 bits per heavy atom. The number of carbonyl (C=O) groups is 3. The van der Waals surface area contributed by atoms with Crippen molar-refractivity contribution in [2.24, 2.45) is 5.92 Å². The molecular formula is C16H18F2O7. The fourth-order valence-corrected chi connectivity index (χ4v) is 1.87. The number of hydrogen-bond donors (Lipinski definition) is 1. The van der Waals surface area contributed by atoms with Crippen molar-refractivity contribution in [1.82, 2.24) is 0 Å². The lowest BCUT2D eigenvalue weighted by Crippen LogP contribution is -2.47. The molecule has 0 aliphatic carbocycles. The summed E-state index contributed by atoms with van der Waals surface area (Å²) in [4.78, 5) is 34.3. The van der Waals surface area contributed by atoms with Crippen LogP contribution in [-0.4, -0.2) is 48.9 Å². The molecule has 0 radical (unpaired) electrons. The average molecular weight is 360 g/mol. The maximum Gasteiger partial charge on any atom is 0.378 e. The number of carboxylic acid groups (broad SMARTS) is 1. The van der Waals surface area contributed by atoms with Crippen LogP contribution in [0.3, 0.4) is 0 Å². The largest absolute Gasteiger partial charge is 0.477 e. The monoisotopic (exact) mass is 360 g/mol. The van der Waals surface area contributed by atoms with Gasteiger partial charge in [0.05, 0.1) is 11.1 Å². The Kier molecular flexibility index (Phi) is 6.98. The number of ether oxygens (including phenoxy) is 3. The first kappa shape index (κ1) is 20.5. The molecule has 0 aliphatic heterocycles. The number of rotatable bonds is 8. The maximum absolute atomic E-state index is 13.7. The molecule has 0 saturated carbocycles. The van der Waals surface area contributed by atoms with Crippen LogP contribution in [0.5, 0.6) is 0 Å². The minimum Gasteiger partial charge on any atom is -0.477 e. The molecule has 9 heteroatoms. The van der Waals surface area contributed by atoms with E-state index in [-0.39, 0.29) is 17.9 Å². The molecule has 1 atom stereocenters.